The normalized spacial score (nSPS) is 30.3. The first-order valence-electron chi connectivity index (χ1n) is 5.16. The van der Waals surface area contributed by atoms with E-state index in [2.05, 4.69) is 27.7 Å². The van der Waals surface area contributed by atoms with E-state index >= 15 is 0 Å². The lowest BCUT2D eigenvalue weighted by molar-refractivity contribution is -0.122. The first-order chi connectivity index (χ1) is 5.95. The first kappa shape index (κ1) is 10.6. The molecular weight excluding hydrogens is 162 g/mol. The van der Waals surface area contributed by atoms with E-state index in [1.165, 1.54) is 0 Å². The van der Waals surface area contributed by atoms with Crippen molar-refractivity contribution in [3.8, 4) is 0 Å². The van der Waals surface area contributed by atoms with Gasteiger partial charge in [0.05, 0.1) is 0 Å². The molecule has 0 aromatic heterocycles. The minimum atomic E-state index is 0.392. The summed E-state index contributed by atoms with van der Waals surface area (Å²) < 4.78 is 0. The van der Waals surface area contributed by atoms with Crippen molar-refractivity contribution in [2.45, 2.75) is 46.6 Å². The second kappa shape index (κ2) is 3.69. The van der Waals surface area contributed by atoms with E-state index in [0.717, 1.165) is 31.7 Å². The fraction of sp³-hybridized carbons (Fsp3) is 0.909. The van der Waals surface area contributed by atoms with Gasteiger partial charge in [0, 0.05) is 12.6 Å². The summed E-state index contributed by atoms with van der Waals surface area (Å²) in [5, 5.41) is 0. The van der Waals surface area contributed by atoms with Gasteiger partial charge in [0.15, 0.2) is 0 Å². The molecule has 2 unspecified atom stereocenters. The van der Waals surface area contributed by atoms with Crippen LogP contribution in [0.5, 0.6) is 0 Å². The lowest BCUT2D eigenvalue weighted by Crippen LogP contribution is -2.42. The van der Waals surface area contributed by atoms with E-state index < -0.39 is 0 Å². The van der Waals surface area contributed by atoms with Crippen molar-refractivity contribution in [3.63, 3.8) is 0 Å². The van der Waals surface area contributed by atoms with E-state index in [1.807, 2.05) is 4.90 Å². The molecule has 0 saturated carbocycles. The molecule has 2 nitrogen and oxygen atoms in total. The largest absolute Gasteiger partial charge is 0.343 e. The zero-order valence-corrected chi connectivity index (χ0v) is 9.21. The Bertz CT molecular complexity index is 183. The highest BCUT2D eigenvalue weighted by molar-refractivity contribution is 5.47. The smallest absolute Gasteiger partial charge is 0.209 e. The number of rotatable bonds is 1. The van der Waals surface area contributed by atoms with Crippen molar-refractivity contribution >= 4 is 6.41 Å². The number of likely N-dealkylation sites (tertiary alicyclic amines) is 1. The van der Waals surface area contributed by atoms with Crippen LogP contribution in [0.2, 0.25) is 0 Å². The summed E-state index contributed by atoms with van der Waals surface area (Å²) >= 11 is 0. The Kier molecular flexibility index (Phi) is 2.99. The number of nitrogens with zero attached hydrogens (tertiary/aromatic N) is 1. The number of piperidine rings is 1. The van der Waals surface area contributed by atoms with Gasteiger partial charge in [0.1, 0.15) is 0 Å². The molecule has 1 aliphatic rings. The topological polar surface area (TPSA) is 20.3 Å². The predicted octanol–water partition coefficient (Wildman–Crippen LogP) is 2.29. The van der Waals surface area contributed by atoms with E-state index in [9.17, 15) is 4.79 Å². The lowest BCUT2D eigenvalue weighted by atomic mass is 9.73. The maximum absolute atomic E-state index is 10.7. The maximum atomic E-state index is 10.7. The molecule has 0 radical (unpaired) electrons. The molecule has 1 aliphatic heterocycles. The van der Waals surface area contributed by atoms with Gasteiger partial charge in [-0.15, -0.1) is 0 Å². The van der Waals surface area contributed by atoms with Crippen LogP contribution in [0, 0.1) is 11.3 Å². The van der Waals surface area contributed by atoms with Crippen LogP contribution in [0.4, 0.5) is 0 Å². The van der Waals surface area contributed by atoms with Crippen LogP contribution >= 0.6 is 0 Å². The van der Waals surface area contributed by atoms with Gasteiger partial charge in [-0.1, -0.05) is 20.8 Å². The Hall–Kier alpha value is -0.530. The molecule has 76 valence electrons. The maximum Gasteiger partial charge on any atom is 0.209 e. The Morgan fingerprint density at radius 3 is 2.38 bits per heavy atom. The van der Waals surface area contributed by atoms with Gasteiger partial charge < -0.3 is 4.90 Å². The summed E-state index contributed by atoms with van der Waals surface area (Å²) in [5.41, 5.74) is 0.392. The number of hydrogen-bond acceptors (Lipinski definition) is 1. The van der Waals surface area contributed by atoms with Crippen molar-refractivity contribution in [1.29, 1.82) is 0 Å². The standard InChI is InChI=1S/C11H21NO/c1-9-7-10(11(2,3)4)5-6-12(9)8-13/h8-10H,5-7H2,1-4H3. The third kappa shape index (κ3) is 2.45. The molecule has 1 saturated heterocycles. The van der Waals surface area contributed by atoms with Gasteiger partial charge in [-0.3, -0.25) is 4.79 Å². The molecule has 0 aromatic carbocycles. The minimum Gasteiger partial charge on any atom is -0.343 e. The Morgan fingerprint density at radius 1 is 1.38 bits per heavy atom. The third-order valence-corrected chi connectivity index (χ3v) is 3.29. The summed E-state index contributed by atoms with van der Waals surface area (Å²) in [5.74, 6) is 0.763. The van der Waals surface area contributed by atoms with Crippen LogP contribution < -0.4 is 0 Å². The number of carbonyl (C=O) groups excluding carboxylic acids is 1. The van der Waals surface area contributed by atoms with Crippen LogP contribution in [-0.4, -0.2) is 23.9 Å². The third-order valence-electron chi connectivity index (χ3n) is 3.29. The summed E-state index contributed by atoms with van der Waals surface area (Å²) in [6.07, 6.45) is 3.30. The van der Waals surface area contributed by atoms with Gasteiger partial charge in [-0.2, -0.15) is 0 Å². The van der Waals surface area contributed by atoms with Crippen molar-refractivity contribution in [3.05, 3.63) is 0 Å². The van der Waals surface area contributed by atoms with Crippen LogP contribution in [0.3, 0.4) is 0 Å². The first-order valence-corrected chi connectivity index (χ1v) is 5.16. The van der Waals surface area contributed by atoms with Gasteiger partial charge in [-0.25, -0.2) is 0 Å². The fourth-order valence-corrected chi connectivity index (χ4v) is 2.13. The molecule has 0 aromatic rings. The second-order valence-corrected chi connectivity index (χ2v) is 5.28. The second-order valence-electron chi connectivity index (χ2n) is 5.28. The van der Waals surface area contributed by atoms with Crippen molar-refractivity contribution in [2.24, 2.45) is 11.3 Å². The van der Waals surface area contributed by atoms with Gasteiger partial charge in [0.25, 0.3) is 0 Å². The highest BCUT2D eigenvalue weighted by Crippen LogP contribution is 2.36. The van der Waals surface area contributed by atoms with Crippen molar-refractivity contribution in [2.75, 3.05) is 6.54 Å². The van der Waals surface area contributed by atoms with Crippen LogP contribution in [-0.2, 0) is 4.79 Å². The van der Waals surface area contributed by atoms with E-state index in [0.29, 0.717) is 11.5 Å². The zero-order valence-electron chi connectivity index (χ0n) is 9.21. The molecule has 0 N–H and O–H groups in total. The molecule has 1 fully saturated rings. The number of amides is 1. The van der Waals surface area contributed by atoms with Crippen molar-refractivity contribution < 1.29 is 4.79 Å². The quantitative estimate of drug-likeness (QED) is 0.571. The molecule has 0 spiro atoms. The Morgan fingerprint density at radius 2 is 2.00 bits per heavy atom. The molecule has 0 bridgehead atoms. The van der Waals surface area contributed by atoms with E-state index in [4.69, 9.17) is 0 Å². The van der Waals surface area contributed by atoms with E-state index in [1.54, 1.807) is 0 Å². The average molecular weight is 183 g/mol. The highest BCUT2D eigenvalue weighted by Gasteiger charge is 2.31. The molecule has 1 heterocycles. The minimum absolute atomic E-state index is 0.392. The molecule has 0 aliphatic carbocycles. The van der Waals surface area contributed by atoms with Crippen LogP contribution in [0.15, 0.2) is 0 Å². The van der Waals surface area contributed by atoms with E-state index in [-0.39, 0.29) is 0 Å². The predicted molar refractivity (Wildman–Crippen MR) is 54.4 cm³/mol. The van der Waals surface area contributed by atoms with Crippen LogP contribution in [0.25, 0.3) is 0 Å². The Balaban J connectivity index is 2.55. The summed E-state index contributed by atoms with van der Waals surface area (Å²) in [6, 6.07) is 0.426. The SMILES string of the molecule is CC1CC(C(C)(C)C)CCN1C=O. The molecule has 13 heavy (non-hydrogen) atoms. The zero-order chi connectivity index (χ0) is 10.1. The van der Waals surface area contributed by atoms with Gasteiger partial charge >= 0.3 is 0 Å². The Labute approximate surface area is 81.3 Å². The molecule has 2 heteroatoms. The molecule has 2 atom stereocenters. The molecular formula is C11H21NO. The summed E-state index contributed by atoms with van der Waals surface area (Å²) in [7, 11) is 0. The van der Waals surface area contributed by atoms with Crippen LogP contribution in [0.1, 0.15) is 40.5 Å². The summed E-state index contributed by atoms with van der Waals surface area (Å²) in [4.78, 5) is 12.6. The van der Waals surface area contributed by atoms with Crippen molar-refractivity contribution in [1.82, 2.24) is 4.90 Å². The fourth-order valence-electron chi connectivity index (χ4n) is 2.13. The van der Waals surface area contributed by atoms with Gasteiger partial charge in [0.2, 0.25) is 6.41 Å². The highest BCUT2D eigenvalue weighted by atomic mass is 16.1. The number of carbonyl (C=O) groups is 1. The summed E-state index contributed by atoms with van der Waals surface area (Å²) in [6.45, 7) is 9.96. The lowest BCUT2D eigenvalue weighted by Gasteiger charge is -2.41. The molecule has 1 rings (SSSR count). The van der Waals surface area contributed by atoms with Gasteiger partial charge in [-0.05, 0) is 31.1 Å². The number of hydrogen-bond donors (Lipinski definition) is 0. The average Bonchev–Trinajstić information content (AvgIpc) is 2.02. The molecule has 1 amide bonds. The monoisotopic (exact) mass is 183 g/mol.